The molecule has 2 aromatic rings. The van der Waals surface area contributed by atoms with Crippen LogP contribution in [-0.4, -0.2) is 23.7 Å². The van der Waals surface area contributed by atoms with E-state index in [2.05, 4.69) is 5.32 Å². The van der Waals surface area contributed by atoms with Gasteiger partial charge in [0, 0.05) is 11.6 Å². The Morgan fingerprint density at radius 1 is 1.20 bits per heavy atom. The summed E-state index contributed by atoms with van der Waals surface area (Å²) >= 11 is 0. The first-order chi connectivity index (χ1) is 12.0. The zero-order valence-corrected chi connectivity index (χ0v) is 13.5. The maximum atomic E-state index is 14.1. The molecule has 1 unspecified atom stereocenters. The Hall–Kier alpha value is -2.47. The second-order valence-electron chi connectivity index (χ2n) is 6.20. The molecular formula is C19H19F2NO3. The van der Waals surface area contributed by atoms with Crippen molar-refractivity contribution in [3.05, 3.63) is 65.7 Å². The molecule has 6 heteroatoms. The van der Waals surface area contributed by atoms with Crippen LogP contribution in [0.4, 0.5) is 8.78 Å². The SMILES string of the molecule is O=C(COc1ccccc1)NC(c1ccc(F)cc1F)C1CC(O)C1. The Balaban J connectivity index is 1.68. The third-order valence-corrected chi connectivity index (χ3v) is 4.35. The molecule has 25 heavy (non-hydrogen) atoms. The lowest BCUT2D eigenvalue weighted by Crippen LogP contribution is -2.43. The third-order valence-electron chi connectivity index (χ3n) is 4.35. The second-order valence-corrected chi connectivity index (χ2v) is 6.20. The Kier molecular flexibility index (Phi) is 5.28. The largest absolute Gasteiger partial charge is 0.484 e. The van der Waals surface area contributed by atoms with Crippen LogP contribution in [0.1, 0.15) is 24.4 Å². The molecule has 4 nitrogen and oxygen atoms in total. The highest BCUT2D eigenvalue weighted by Crippen LogP contribution is 2.39. The van der Waals surface area contributed by atoms with Crippen LogP contribution in [-0.2, 0) is 4.79 Å². The summed E-state index contributed by atoms with van der Waals surface area (Å²) in [5.41, 5.74) is 0.214. The molecule has 3 rings (SSSR count). The number of ether oxygens (including phenoxy) is 1. The molecule has 132 valence electrons. The summed E-state index contributed by atoms with van der Waals surface area (Å²) in [7, 11) is 0. The van der Waals surface area contributed by atoms with Gasteiger partial charge in [0.25, 0.3) is 5.91 Å². The molecule has 1 fully saturated rings. The van der Waals surface area contributed by atoms with Crippen LogP contribution in [0.3, 0.4) is 0 Å². The van der Waals surface area contributed by atoms with Crippen molar-refractivity contribution in [1.29, 1.82) is 0 Å². The van der Waals surface area contributed by atoms with Crippen molar-refractivity contribution in [3.63, 3.8) is 0 Å². The van der Waals surface area contributed by atoms with E-state index >= 15 is 0 Å². The molecule has 0 spiro atoms. The van der Waals surface area contributed by atoms with E-state index in [-0.39, 0.29) is 18.1 Å². The fraction of sp³-hybridized carbons (Fsp3) is 0.316. The standard InChI is InChI=1S/C19H19F2NO3/c20-13-6-7-16(17(21)10-13)19(12-8-14(23)9-12)22-18(24)11-25-15-4-2-1-3-5-15/h1-7,10,12,14,19,23H,8-9,11H2,(H,22,24). The number of para-hydroxylation sites is 1. The number of rotatable bonds is 6. The van der Waals surface area contributed by atoms with Crippen molar-refractivity contribution in [2.24, 2.45) is 5.92 Å². The summed E-state index contributed by atoms with van der Waals surface area (Å²) in [5.74, 6) is -1.33. The summed E-state index contributed by atoms with van der Waals surface area (Å²) in [6, 6.07) is 11.5. The number of hydrogen-bond acceptors (Lipinski definition) is 3. The summed E-state index contributed by atoms with van der Waals surface area (Å²) in [4.78, 5) is 12.2. The van der Waals surface area contributed by atoms with Gasteiger partial charge in [-0.2, -0.15) is 0 Å². The van der Waals surface area contributed by atoms with E-state index in [9.17, 15) is 18.7 Å². The maximum Gasteiger partial charge on any atom is 0.258 e. The highest BCUT2D eigenvalue weighted by atomic mass is 19.1. The van der Waals surface area contributed by atoms with Crippen LogP contribution >= 0.6 is 0 Å². The van der Waals surface area contributed by atoms with Gasteiger partial charge in [-0.1, -0.05) is 24.3 Å². The number of nitrogens with one attached hydrogen (secondary N) is 1. The predicted octanol–water partition coefficient (Wildman–Crippen LogP) is 2.97. The van der Waals surface area contributed by atoms with E-state index in [1.54, 1.807) is 24.3 Å². The van der Waals surface area contributed by atoms with Crippen LogP contribution in [0.15, 0.2) is 48.5 Å². The number of amides is 1. The normalized spacial score (nSPS) is 20.4. The molecule has 0 aliphatic heterocycles. The molecule has 1 aliphatic carbocycles. The number of hydrogen-bond donors (Lipinski definition) is 2. The van der Waals surface area contributed by atoms with Gasteiger partial charge in [0.1, 0.15) is 17.4 Å². The van der Waals surface area contributed by atoms with Crippen LogP contribution < -0.4 is 10.1 Å². The Morgan fingerprint density at radius 2 is 1.92 bits per heavy atom. The van der Waals surface area contributed by atoms with E-state index < -0.39 is 29.7 Å². The first-order valence-corrected chi connectivity index (χ1v) is 8.13. The van der Waals surface area contributed by atoms with Gasteiger partial charge < -0.3 is 15.2 Å². The highest BCUT2D eigenvalue weighted by molar-refractivity contribution is 5.78. The summed E-state index contributed by atoms with van der Waals surface area (Å²) in [6.45, 7) is -0.210. The minimum atomic E-state index is -0.712. The zero-order valence-electron chi connectivity index (χ0n) is 13.5. The fourth-order valence-electron chi connectivity index (χ4n) is 2.99. The minimum absolute atomic E-state index is 0.101. The number of halogens is 2. The molecule has 1 saturated carbocycles. The topological polar surface area (TPSA) is 58.6 Å². The zero-order chi connectivity index (χ0) is 17.8. The van der Waals surface area contributed by atoms with E-state index in [0.717, 1.165) is 12.1 Å². The smallest absolute Gasteiger partial charge is 0.258 e. The van der Waals surface area contributed by atoms with Gasteiger partial charge in [-0.3, -0.25) is 4.79 Å². The number of aliphatic hydroxyl groups excluding tert-OH is 1. The van der Waals surface area contributed by atoms with E-state index in [1.165, 1.54) is 6.07 Å². The van der Waals surface area contributed by atoms with E-state index in [0.29, 0.717) is 18.6 Å². The molecule has 0 aromatic heterocycles. The Bertz CT molecular complexity index is 733. The van der Waals surface area contributed by atoms with Crippen LogP contribution in [0.25, 0.3) is 0 Å². The fourth-order valence-corrected chi connectivity index (χ4v) is 2.99. The van der Waals surface area contributed by atoms with Gasteiger partial charge in [0.05, 0.1) is 12.1 Å². The van der Waals surface area contributed by atoms with Crippen LogP contribution in [0.5, 0.6) is 5.75 Å². The average Bonchev–Trinajstić information content (AvgIpc) is 2.57. The molecule has 2 aromatic carbocycles. The second kappa shape index (κ2) is 7.61. The molecule has 0 radical (unpaired) electrons. The van der Waals surface area contributed by atoms with Crippen LogP contribution in [0.2, 0.25) is 0 Å². The predicted molar refractivity (Wildman–Crippen MR) is 87.9 cm³/mol. The Labute approximate surface area is 144 Å². The lowest BCUT2D eigenvalue weighted by molar-refractivity contribution is -0.125. The lowest BCUT2D eigenvalue weighted by atomic mass is 9.75. The van der Waals surface area contributed by atoms with Crippen LogP contribution in [0, 0.1) is 17.6 Å². The van der Waals surface area contributed by atoms with Crippen molar-refractivity contribution < 1.29 is 23.4 Å². The van der Waals surface area contributed by atoms with Crippen molar-refractivity contribution in [3.8, 4) is 5.75 Å². The molecule has 1 aliphatic rings. The molecule has 0 heterocycles. The molecular weight excluding hydrogens is 328 g/mol. The number of benzene rings is 2. The van der Waals surface area contributed by atoms with Crippen molar-refractivity contribution in [2.45, 2.75) is 25.0 Å². The lowest BCUT2D eigenvalue weighted by Gasteiger charge is -2.38. The van der Waals surface area contributed by atoms with Crippen molar-refractivity contribution in [2.75, 3.05) is 6.61 Å². The number of carbonyl (C=O) groups is 1. The number of aliphatic hydroxyl groups is 1. The third kappa shape index (κ3) is 4.33. The monoisotopic (exact) mass is 347 g/mol. The minimum Gasteiger partial charge on any atom is -0.484 e. The van der Waals surface area contributed by atoms with Gasteiger partial charge in [-0.25, -0.2) is 8.78 Å². The average molecular weight is 347 g/mol. The molecule has 1 atom stereocenters. The van der Waals surface area contributed by atoms with Gasteiger partial charge in [0.15, 0.2) is 6.61 Å². The quantitative estimate of drug-likeness (QED) is 0.845. The van der Waals surface area contributed by atoms with Crippen molar-refractivity contribution in [1.82, 2.24) is 5.32 Å². The number of carbonyl (C=O) groups excluding carboxylic acids is 1. The molecule has 0 bridgehead atoms. The van der Waals surface area contributed by atoms with Gasteiger partial charge in [-0.15, -0.1) is 0 Å². The molecule has 0 saturated heterocycles. The Morgan fingerprint density at radius 3 is 2.56 bits per heavy atom. The maximum absolute atomic E-state index is 14.1. The van der Waals surface area contributed by atoms with E-state index in [4.69, 9.17) is 4.74 Å². The molecule has 1 amide bonds. The first-order valence-electron chi connectivity index (χ1n) is 8.13. The van der Waals surface area contributed by atoms with Gasteiger partial charge in [-0.05, 0) is 37.0 Å². The van der Waals surface area contributed by atoms with Gasteiger partial charge in [0.2, 0.25) is 0 Å². The van der Waals surface area contributed by atoms with Crippen molar-refractivity contribution >= 4 is 5.91 Å². The van der Waals surface area contributed by atoms with E-state index in [1.807, 2.05) is 6.07 Å². The highest BCUT2D eigenvalue weighted by Gasteiger charge is 2.36. The summed E-state index contributed by atoms with van der Waals surface area (Å²) in [5, 5.41) is 12.3. The summed E-state index contributed by atoms with van der Waals surface area (Å²) in [6.07, 6.45) is 0.469. The summed E-state index contributed by atoms with van der Waals surface area (Å²) < 4.78 is 32.7. The first kappa shape index (κ1) is 17.4. The molecule has 2 N–H and O–H groups in total. The van der Waals surface area contributed by atoms with Gasteiger partial charge >= 0.3 is 0 Å².